The van der Waals surface area contributed by atoms with Crippen molar-refractivity contribution in [3.05, 3.63) is 128 Å². The first-order chi connectivity index (χ1) is 16.4. The molecule has 0 amide bonds. The fourth-order valence-corrected chi connectivity index (χ4v) is 3.99. The molecule has 0 aliphatic heterocycles. The molecule has 3 aromatic carbocycles. The first kappa shape index (κ1) is 21.8. The van der Waals surface area contributed by atoms with Gasteiger partial charge in [-0.25, -0.2) is 23.1 Å². The molecule has 0 saturated carbocycles. The molecule has 0 aliphatic rings. The van der Waals surface area contributed by atoms with Crippen LogP contribution in [0.4, 0.5) is 8.78 Å². The van der Waals surface area contributed by atoms with Gasteiger partial charge < -0.3 is 4.57 Å². The number of hydrogen-bond donors (Lipinski definition) is 0. The van der Waals surface area contributed by atoms with Crippen LogP contribution in [-0.4, -0.2) is 18.7 Å². The van der Waals surface area contributed by atoms with E-state index in [1.165, 1.54) is 21.5 Å². The third kappa shape index (κ3) is 3.92. The lowest BCUT2D eigenvalue weighted by atomic mass is 10.2. The zero-order valence-corrected chi connectivity index (χ0v) is 18.4. The molecule has 0 saturated heterocycles. The lowest BCUT2D eigenvalue weighted by Crippen LogP contribution is -2.40. The Morgan fingerprint density at radius 3 is 2.26 bits per heavy atom. The third-order valence-electron chi connectivity index (χ3n) is 5.51. The maximum Gasteiger partial charge on any atom is 0.337 e. The molecule has 6 nitrogen and oxygen atoms in total. The molecule has 0 unspecified atom stereocenters. The first-order valence-electron chi connectivity index (χ1n) is 10.4. The Balaban J connectivity index is 1.74. The van der Waals surface area contributed by atoms with Gasteiger partial charge in [-0.1, -0.05) is 48.0 Å². The molecule has 5 aromatic rings. The number of halogens is 3. The standard InChI is InChI=1S/C25H17ClF2N4O2/c26-18-7-9-19(10-8-18)32-23-22(24(33)31(25(32)34)14-16-4-2-1-3-5-16)30(15-29-23)13-17-6-11-20(27)21(28)12-17/h1-12,15H,13-14H2. The number of imidazole rings is 1. The maximum absolute atomic E-state index is 13.8. The van der Waals surface area contributed by atoms with E-state index in [0.29, 0.717) is 16.3 Å². The number of aromatic nitrogens is 4. The summed E-state index contributed by atoms with van der Waals surface area (Å²) in [4.78, 5) is 31.3. The molecule has 9 heteroatoms. The Labute approximate surface area is 196 Å². The fourth-order valence-electron chi connectivity index (χ4n) is 3.86. The highest BCUT2D eigenvalue weighted by Crippen LogP contribution is 2.18. The molecule has 0 spiro atoms. The van der Waals surface area contributed by atoms with Crippen LogP contribution in [0.25, 0.3) is 16.9 Å². The van der Waals surface area contributed by atoms with Crippen molar-refractivity contribution in [1.29, 1.82) is 0 Å². The van der Waals surface area contributed by atoms with E-state index in [1.54, 1.807) is 24.3 Å². The molecule has 5 rings (SSSR count). The van der Waals surface area contributed by atoms with E-state index in [0.717, 1.165) is 22.3 Å². The average Bonchev–Trinajstić information content (AvgIpc) is 3.24. The monoisotopic (exact) mass is 478 g/mol. The number of hydrogen-bond acceptors (Lipinski definition) is 3. The zero-order chi connectivity index (χ0) is 23.8. The summed E-state index contributed by atoms with van der Waals surface area (Å²) >= 11 is 6.02. The molecule has 0 radical (unpaired) electrons. The van der Waals surface area contributed by atoms with Crippen LogP contribution in [0.15, 0.2) is 88.7 Å². The second-order valence-corrected chi connectivity index (χ2v) is 8.20. The smallest absolute Gasteiger partial charge is 0.320 e. The van der Waals surface area contributed by atoms with Gasteiger partial charge in [-0.05, 0) is 47.5 Å². The van der Waals surface area contributed by atoms with Crippen molar-refractivity contribution < 1.29 is 8.78 Å². The van der Waals surface area contributed by atoms with Gasteiger partial charge >= 0.3 is 5.69 Å². The average molecular weight is 479 g/mol. The number of benzene rings is 3. The molecular formula is C25H17ClF2N4O2. The van der Waals surface area contributed by atoms with Gasteiger partial charge in [0.05, 0.1) is 18.6 Å². The molecule has 2 heterocycles. The van der Waals surface area contributed by atoms with Gasteiger partial charge in [0.25, 0.3) is 5.56 Å². The lowest BCUT2D eigenvalue weighted by Gasteiger charge is -2.13. The van der Waals surface area contributed by atoms with Crippen LogP contribution in [0.5, 0.6) is 0 Å². The van der Waals surface area contributed by atoms with E-state index in [1.807, 2.05) is 30.3 Å². The Morgan fingerprint density at radius 1 is 0.824 bits per heavy atom. The molecule has 0 atom stereocenters. The van der Waals surface area contributed by atoms with Crippen molar-refractivity contribution in [3.8, 4) is 5.69 Å². The quantitative estimate of drug-likeness (QED) is 0.377. The molecule has 0 aliphatic carbocycles. The van der Waals surface area contributed by atoms with E-state index in [4.69, 9.17) is 11.6 Å². The van der Waals surface area contributed by atoms with E-state index in [9.17, 15) is 18.4 Å². The summed E-state index contributed by atoms with van der Waals surface area (Å²) in [6.07, 6.45) is 1.41. The molecule has 170 valence electrons. The minimum atomic E-state index is -0.985. The van der Waals surface area contributed by atoms with Gasteiger partial charge in [0.1, 0.15) is 0 Å². The molecular weight excluding hydrogens is 462 g/mol. The van der Waals surface area contributed by atoms with Crippen LogP contribution in [0.2, 0.25) is 5.02 Å². The predicted molar refractivity (Wildman–Crippen MR) is 126 cm³/mol. The molecule has 0 N–H and O–H groups in total. The van der Waals surface area contributed by atoms with Gasteiger partial charge in [0, 0.05) is 11.6 Å². The number of fused-ring (bicyclic) bond motifs is 1. The Bertz CT molecular complexity index is 1620. The van der Waals surface area contributed by atoms with Crippen molar-refractivity contribution >= 4 is 22.8 Å². The van der Waals surface area contributed by atoms with Crippen molar-refractivity contribution in [1.82, 2.24) is 18.7 Å². The second kappa shape index (κ2) is 8.72. The SMILES string of the molecule is O=c1c2c(ncn2Cc2ccc(F)c(F)c2)n(-c2ccc(Cl)cc2)c(=O)n1Cc1ccccc1. The van der Waals surface area contributed by atoms with Crippen LogP contribution < -0.4 is 11.2 Å². The van der Waals surface area contributed by atoms with Crippen LogP contribution in [0, 0.1) is 11.6 Å². The summed E-state index contributed by atoms with van der Waals surface area (Å²) < 4.78 is 31.1. The highest BCUT2D eigenvalue weighted by Gasteiger charge is 2.20. The van der Waals surface area contributed by atoms with E-state index in [2.05, 4.69) is 4.98 Å². The van der Waals surface area contributed by atoms with E-state index in [-0.39, 0.29) is 24.3 Å². The molecule has 2 aromatic heterocycles. The molecule has 0 bridgehead atoms. The number of rotatable bonds is 5. The van der Waals surface area contributed by atoms with Gasteiger partial charge in [-0.15, -0.1) is 0 Å². The first-order valence-corrected chi connectivity index (χ1v) is 10.7. The van der Waals surface area contributed by atoms with Gasteiger partial charge in [-0.2, -0.15) is 0 Å². The second-order valence-electron chi connectivity index (χ2n) is 7.76. The van der Waals surface area contributed by atoms with Crippen LogP contribution in [-0.2, 0) is 13.1 Å². The Kier molecular flexibility index (Phi) is 5.59. The third-order valence-corrected chi connectivity index (χ3v) is 5.76. The summed E-state index contributed by atoms with van der Waals surface area (Å²) in [6, 6.07) is 19.3. The van der Waals surface area contributed by atoms with Gasteiger partial charge in [-0.3, -0.25) is 9.36 Å². The lowest BCUT2D eigenvalue weighted by molar-refractivity contribution is 0.506. The minimum absolute atomic E-state index is 0.0540. The fraction of sp³-hybridized carbons (Fsp3) is 0.0800. The minimum Gasteiger partial charge on any atom is -0.320 e. The maximum atomic E-state index is 13.8. The van der Waals surface area contributed by atoms with Crippen LogP contribution >= 0.6 is 11.6 Å². The summed E-state index contributed by atoms with van der Waals surface area (Å²) in [7, 11) is 0. The highest BCUT2D eigenvalue weighted by molar-refractivity contribution is 6.30. The van der Waals surface area contributed by atoms with E-state index < -0.39 is 22.9 Å². The summed E-state index contributed by atoms with van der Waals surface area (Å²) in [5.41, 5.74) is 0.932. The Hall–Kier alpha value is -4.04. The van der Waals surface area contributed by atoms with Crippen molar-refractivity contribution in [2.24, 2.45) is 0 Å². The molecule has 34 heavy (non-hydrogen) atoms. The largest absolute Gasteiger partial charge is 0.337 e. The van der Waals surface area contributed by atoms with E-state index >= 15 is 0 Å². The molecule has 0 fully saturated rings. The summed E-state index contributed by atoms with van der Waals surface area (Å²) in [5.74, 6) is -1.94. The Morgan fingerprint density at radius 2 is 1.56 bits per heavy atom. The van der Waals surface area contributed by atoms with Gasteiger partial charge in [0.15, 0.2) is 22.8 Å². The van der Waals surface area contributed by atoms with Crippen molar-refractivity contribution in [2.45, 2.75) is 13.1 Å². The zero-order valence-electron chi connectivity index (χ0n) is 17.7. The summed E-state index contributed by atoms with van der Waals surface area (Å²) in [5, 5.41) is 0.495. The van der Waals surface area contributed by atoms with Crippen LogP contribution in [0.3, 0.4) is 0 Å². The topological polar surface area (TPSA) is 61.8 Å². The predicted octanol–water partition coefficient (Wildman–Crippen LogP) is 4.38. The highest BCUT2D eigenvalue weighted by atomic mass is 35.5. The van der Waals surface area contributed by atoms with Crippen molar-refractivity contribution in [2.75, 3.05) is 0 Å². The normalized spacial score (nSPS) is 11.3. The number of nitrogens with zero attached hydrogens (tertiary/aromatic N) is 4. The van der Waals surface area contributed by atoms with Crippen molar-refractivity contribution in [3.63, 3.8) is 0 Å². The summed E-state index contributed by atoms with van der Waals surface area (Å²) in [6.45, 7) is 0.117. The van der Waals surface area contributed by atoms with Crippen LogP contribution in [0.1, 0.15) is 11.1 Å². The van der Waals surface area contributed by atoms with Gasteiger partial charge in [0.2, 0.25) is 0 Å².